The van der Waals surface area contributed by atoms with Crippen LogP contribution in [0.2, 0.25) is 0 Å². The molecular weight excluding hydrogens is 520 g/mol. The summed E-state index contributed by atoms with van der Waals surface area (Å²) in [6.45, 7) is 6.24. The van der Waals surface area contributed by atoms with Gasteiger partial charge in [-0.05, 0) is 62.3 Å². The minimum absolute atomic E-state index is 0.0357. The fraction of sp³-hybridized carbons (Fsp3) is 0.387. The van der Waals surface area contributed by atoms with Crippen LogP contribution in [0.25, 0.3) is 28.3 Å². The van der Waals surface area contributed by atoms with Crippen LogP contribution in [0.15, 0.2) is 69.0 Å². The number of aromatic amines is 1. The average Bonchev–Trinajstić information content (AvgIpc) is 3.62. The topological polar surface area (TPSA) is 120 Å². The molecule has 0 radical (unpaired) electrons. The fourth-order valence-corrected chi connectivity index (χ4v) is 6.08. The zero-order valence-corrected chi connectivity index (χ0v) is 23.5. The largest absolute Gasteiger partial charge is 0.439 e. The van der Waals surface area contributed by atoms with Crippen LogP contribution in [0.3, 0.4) is 0 Å². The molecule has 1 fully saturated rings. The molecular formula is C31H34N6O4. The fourth-order valence-electron chi connectivity index (χ4n) is 6.08. The lowest BCUT2D eigenvalue weighted by molar-refractivity contribution is -0.0488. The van der Waals surface area contributed by atoms with Crippen LogP contribution in [0.4, 0.5) is 0 Å². The highest BCUT2D eigenvalue weighted by atomic mass is 16.5. The van der Waals surface area contributed by atoms with E-state index < -0.39 is 5.76 Å². The van der Waals surface area contributed by atoms with E-state index in [4.69, 9.17) is 9.26 Å². The number of hydrogen-bond donors (Lipinski definition) is 1. The number of fused-ring (bicyclic) bond motifs is 1. The first-order chi connectivity index (χ1) is 19.9. The number of nitrogens with zero attached hydrogens (tertiary/aromatic N) is 5. The molecule has 3 aromatic heterocycles. The summed E-state index contributed by atoms with van der Waals surface area (Å²) in [7, 11) is 0. The van der Waals surface area contributed by atoms with Crippen LogP contribution in [0.1, 0.15) is 69.3 Å². The smallest absolute Gasteiger partial charge is 0.375 e. The van der Waals surface area contributed by atoms with E-state index in [-0.39, 0.29) is 23.8 Å². The number of H-pyrrole nitrogens is 1. The van der Waals surface area contributed by atoms with Gasteiger partial charge >= 0.3 is 5.76 Å². The maximum Gasteiger partial charge on any atom is 0.439 e. The predicted molar refractivity (Wildman–Crippen MR) is 155 cm³/mol. The molecule has 1 unspecified atom stereocenters. The molecule has 0 amide bonds. The van der Waals surface area contributed by atoms with Crippen molar-refractivity contribution < 1.29 is 9.26 Å². The van der Waals surface area contributed by atoms with Gasteiger partial charge in [-0.15, -0.1) is 0 Å². The van der Waals surface area contributed by atoms with Gasteiger partial charge in [-0.25, -0.2) is 9.31 Å². The molecule has 1 aliphatic heterocycles. The van der Waals surface area contributed by atoms with E-state index in [1.807, 2.05) is 57.6 Å². The highest BCUT2D eigenvalue weighted by molar-refractivity contribution is 5.81. The summed E-state index contributed by atoms with van der Waals surface area (Å²) in [6, 6.07) is 15.9. The van der Waals surface area contributed by atoms with Gasteiger partial charge in [0.05, 0.1) is 17.9 Å². The van der Waals surface area contributed by atoms with Gasteiger partial charge in [0, 0.05) is 23.6 Å². The first-order valence-electron chi connectivity index (χ1n) is 14.3. The van der Waals surface area contributed by atoms with Crippen LogP contribution in [0, 0.1) is 0 Å². The second kappa shape index (κ2) is 11.3. The SMILES string of the molecule is CCCCc1c(Cc2ccc(-c3ccccc3)c(-c3noc(=O)[nH]3)c2)c(=O)n(C2C[C@@H](C)O[C@@H](C)C2)c2ncnn12. The third-order valence-electron chi connectivity index (χ3n) is 7.88. The Balaban J connectivity index is 1.50. The zero-order valence-electron chi connectivity index (χ0n) is 23.5. The highest BCUT2D eigenvalue weighted by Gasteiger charge is 2.30. The predicted octanol–water partition coefficient (Wildman–Crippen LogP) is 4.96. The molecule has 6 rings (SSSR count). The second-order valence-corrected chi connectivity index (χ2v) is 10.9. The molecule has 4 heterocycles. The van der Waals surface area contributed by atoms with Crippen LogP contribution < -0.4 is 11.3 Å². The van der Waals surface area contributed by atoms with E-state index in [1.54, 1.807) is 0 Å². The lowest BCUT2D eigenvalue weighted by Crippen LogP contribution is -2.38. The maximum atomic E-state index is 14.4. The summed E-state index contributed by atoms with van der Waals surface area (Å²) in [6.07, 6.45) is 6.10. The minimum atomic E-state index is -0.620. The van der Waals surface area contributed by atoms with Crippen molar-refractivity contribution in [3.05, 3.63) is 92.6 Å². The van der Waals surface area contributed by atoms with Crippen molar-refractivity contribution in [1.82, 2.24) is 29.3 Å². The molecule has 0 bridgehead atoms. The van der Waals surface area contributed by atoms with E-state index in [0.29, 0.717) is 30.0 Å². The van der Waals surface area contributed by atoms with Crippen molar-refractivity contribution in [3.8, 4) is 22.5 Å². The van der Waals surface area contributed by atoms with Gasteiger partial charge in [0.2, 0.25) is 5.78 Å². The molecule has 1 saturated heterocycles. The van der Waals surface area contributed by atoms with Crippen molar-refractivity contribution in [2.75, 3.05) is 0 Å². The summed E-state index contributed by atoms with van der Waals surface area (Å²) < 4.78 is 14.5. The molecule has 1 N–H and O–H groups in total. The van der Waals surface area contributed by atoms with Gasteiger partial charge in [0.1, 0.15) is 6.33 Å². The van der Waals surface area contributed by atoms with E-state index >= 15 is 0 Å². The number of aryl methyl sites for hydroxylation is 1. The Morgan fingerprint density at radius 1 is 1.02 bits per heavy atom. The van der Waals surface area contributed by atoms with Crippen molar-refractivity contribution in [2.45, 2.75) is 77.5 Å². The molecule has 5 aromatic rings. The summed E-state index contributed by atoms with van der Waals surface area (Å²) in [5, 5.41) is 8.56. The molecule has 10 heteroatoms. The van der Waals surface area contributed by atoms with Gasteiger partial charge in [-0.3, -0.25) is 18.9 Å². The zero-order chi connectivity index (χ0) is 28.5. The minimum Gasteiger partial charge on any atom is -0.375 e. The van der Waals surface area contributed by atoms with Crippen molar-refractivity contribution in [3.63, 3.8) is 0 Å². The number of hydrogen-bond acceptors (Lipinski definition) is 7. The number of nitrogens with one attached hydrogen (secondary N) is 1. The Morgan fingerprint density at radius 3 is 2.51 bits per heavy atom. The molecule has 2 aromatic carbocycles. The van der Waals surface area contributed by atoms with Gasteiger partial charge in [0.15, 0.2) is 5.82 Å². The van der Waals surface area contributed by atoms with E-state index in [0.717, 1.165) is 53.6 Å². The van der Waals surface area contributed by atoms with Gasteiger partial charge in [0.25, 0.3) is 5.56 Å². The first kappa shape index (κ1) is 26.9. The Labute approximate surface area is 237 Å². The summed E-state index contributed by atoms with van der Waals surface area (Å²) in [4.78, 5) is 33.5. The lowest BCUT2D eigenvalue weighted by Gasteiger charge is -2.33. The summed E-state index contributed by atoms with van der Waals surface area (Å²) in [5.41, 5.74) is 5.08. The second-order valence-electron chi connectivity index (χ2n) is 10.9. The van der Waals surface area contributed by atoms with Crippen molar-refractivity contribution in [1.29, 1.82) is 0 Å². The van der Waals surface area contributed by atoms with Crippen molar-refractivity contribution in [2.24, 2.45) is 0 Å². The van der Waals surface area contributed by atoms with Gasteiger partial charge in [-0.1, -0.05) is 61.0 Å². The molecule has 10 nitrogen and oxygen atoms in total. The number of unbranched alkanes of at least 4 members (excludes halogenated alkanes) is 1. The van der Waals surface area contributed by atoms with Gasteiger partial charge in [-0.2, -0.15) is 10.1 Å². The maximum absolute atomic E-state index is 14.4. The number of benzene rings is 2. The first-order valence-corrected chi connectivity index (χ1v) is 14.3. The quantitative estimate of drug-likeness (QED) is 0.288. The van der Waals surface area contributed by atoms with E-state index in [2.05, 4.69) is 41.0 Å². The molecule has 0 saturated carbocycles. The summed E-state index contributed by atoms with van der Waals surface area (Å²) in [5.74, 6) is 0.304. The van der Waals surface area contributed by atoms with Crippen LogP contribution in [-0.2, 0) is 17.6 Å². The van der Waals surface area contributed by atoms with E-state index in [9.17, 15) is 9.59 Å². The van der Waals surface area contributed by atoms with Crippen LogP contribution >= 0.6 is 0 Å². The van der Waals surface area contributed by atoms with Gasteiger partial charge < -0.3 is 4.74 Å². The molecule has 0 aliphatic carbocycles. The molecule has 212 valence electrons. The highest BCUT2D eigenvalue weighted by Crippen LogP contribution is 2.33. The summed E-state index contributed by atoms with van der Waals surface area (Å²) >= 11 is 0. The Kier molecular flexibility index (Phi) is 7.40. The average molecular weight is 555 g/mol. The normalized spacial score (nSPS) is 19.1. The number of aromatic nitrogens is 6. The Morgan fingerprint density at radius 2 is 1.80 bits per heavy atom. The van der Waals surface area contributed by atoms with Crippen LogP contribution in [-0.4, -0.2) is 41.5 Å². The van der Waals surface area contributed by atoms with E-state index in [1.165, 1.54) is 6.33 Å². The lowest BCUT2D eigenvalue weighted by atomic mass is 9.93. The molecule has 1 aliphatic rings. The molecule has 0 spiro atoms. The standard InChI is InChI=1S/C31H34N6O4/c1-4-5-11-27-26(29(38)36(30-32-18-33-37(27)30)23-14-19(2)40-20(3)15-23)17-21-12-13-24(22-9-7-6-8-10-22)25(16-21)28-34-31(39)41-35-28/h6-10,12-13,16,18-20,23H,4-5,11,14-15,17H2,1-3H3,(H,34,35,39)/t19-,20+,23?. The third kappa shape index (κ3) is 5.27. The van der Waals surface area contributed by atoms with Crippen LogP contribution in [0.5, 0.6) is 0 Å². The number of rotatable bonds is 8. The Hall–Kier alpha value is -4.31. The Bertz CT molecular complexity index is 1770. The molecule has 3 atom stereocenters. The molecule has 41 heavy (non-hydrogen) atoms. The monoisotopic (exact) mass is 554 g/mol. The number of ether oxygens (including phenoxy) is 1. The third-order valence-corrected chi connectivity index (χ3v) is 7.88. The van der Waals surface area contributed by atoms with Crippen molar-refractivity contribution >= 4 is 5.78 Å².